The van der Waals surface area contributed by atoms with Crippen LogP contribution in [0, 0.1) is 0 Å². The molecule has 28 heavy (non-hydrogen) atoms. The fourth-order valence-electron chi connectivity index (χ4n) is 3.94. The summed E-state index contributed by atoms with van der Waals surface area (Å²) >= 11 is 1.75. The van der Waals surface area contributed by atoms with E-state index in [0.29, 0.717) is 17.5 Å². The number of hydrogen-bond acceptors (Lipinski definition) is 7. The lowest BCUT2D eigenvalue weighted by molar-refractivity contribution is 0.569. The molecule has 2 aromatic heterocycles. The van der Waals surface area contributed by atoms with E-state index in [0.717, 1.165) is 34.7 Å². The minimum Gasteiger partial charge on any atom is -0.423 e. The van der Waals surface area contributed by atoms with Gasteiger partial charge in [-0.05, 0) is 48.7 Å². The van der Waals surface area contributed by atoms with Gasteiger partial charge in [0.05, 0.1) is 11.8 Å². The van der Waals surface area contributed by atoms with Gasteiger partial charge < -0.3 is 10.2 Å². The summed E-state index contributed by atoms with van der Waals surface area (Å²) < 4.78 is 20.1. The minimum absolute atomic E-state index is 0.148. The molecule has 8 heteroatoms. The van der Waals surface area contributed by atoms with Crippen molar-refractivity contribution >= 4 is 48.1 Å². The summed E-state index contributed by atoms with van der Waals surface area (Å²) in [7, 11) is -0.956. The van der Waals surface area contributed by atoms with Crippen molar-refractivity contribution in [2.45, 2.75) is 23.6 Å². The molecule has 2 aliphatic rings. The molecule has 1 spiro atoms. The predicted octanol–water partition coefficient (Wildman–Crippen LogP) is 3.80. The highest BCUT2D eigenvalue weighted by Crippen LogP contribution is 2.47. The normalized spacial score (nSPS) is 23.4. The third-order valence-corrected chi connectivity index (χ3v) is 8.96. The first-order valence-corrected chi connectivity index (χ1v) is 11.2. The molecule has 6 nitrogen and oxygen atoms in total. The topological polar surface area (TPSA) is 94.4 Å². The fraction of sp³-hybridized carbons (Fsp3) is 0.250. The zero-order valence-corrected chi connectivity index (χ0v) is 16.4. The number of hydrogen-bond donors (Lipinski definition) is 1. The molecule has 3 heterocycles. The van der Waals surface area contributed by atoms with Crippen LogP contribution in [0.4, 0.5) is 0 Å². The number of benzene rings is 2. The van der Waals surface area contributed by atoms with E-state index in [-0.39, 0.29) is 10.8 Å². The van der Waals surface area contributed by atoms with Crippen LogP contribution >= 0.6 is 11.3 Å². The molecule has 1 saturated carbocycles. The molecule has 0 amide bonds. The maximum atomic E-state index is 12.7. The zero-order valence-electron chi connectivity index (χ0n) is 14.8. The highest BCUT2D eigenvalue weighted by Gasteiger charge is 2.54. The van der Waals surface area contributed by atoms with E-state index >= 15 is 0 Å². The lowest BCUT2D eigenvalue weighted by Crippen LogP contribution is -2.41. The van der Waals surface area contributed by atoms with Crippen molar-refractivity contribution in [2.24, 2.45) is 10.7 Å². The van der Waals surface area contributed by atoms with Crippen molar-refractivity contribution in [2.75, 3.05) is 5.75 Å². The third-order valence-electron chi connectivity index (χ3n) is 5.70. The predicted molar refractivity (Wildman–Crippen MR) is 112 cm³/mol. The second kappa shape index (κ2) is 5.71. The van der Waals surface area contributed by atoms with Crippen molar-refractivity contribution < 1.29 is 8.63 Å². The third kappa shape index (κ3) is 2.31. The Kier molecular flexibility index (Phi) is 3.34. The summed E-state index contributed by atoms with van der Waals surface area (Å²) in [5, 5.41) is 10.1. The van der Waals surface area contributed by atoms with Crippen LogP contribution in [-0.2, 0) is 10.8 Å². The lowest BCUT2D eigenvalue weighted by atomic mass is 10.0. The van der Waals surface area contributed by atoms with Gasteiger partial charge in [-0.25, -0.2) is 0 Å². The molecule has 2 unspecified atom stereocenters. The van der Waals surface area contributed by atoms with E-state index in [1.807, 2.05) is 6.07 Å². The van der Waals surface area contributed by atoms with Gasteiger partial charge in [0.2, 0.25) is 12.3 Å². The van der Waals surface area contributed by atoms with E-state index < -0.39 is 10.8 Å². The maximum absolute atomic E-state index is 12.7. The standard InChI is InChI=1S/C20H16N4O2S2/c21-19-20(5-6-20)28(25)9-15(23-19)11-1-3-16-13(7-11)14-8-12(2-4-17(14)27-16)18-24-22-10-26-18/h1-4,7-8,10,15H,5-6,9H2,(H2,21,23). The van der Waals surface area contributed by atoms with E-state index in [2.05, 4.69) is 40.5 Å². The number of amidine groups is 1. The summed E-state index contributed by atoms with van der Waals surface area (Å²) in [5.41, 5.74) is 8.14. The van der Waals surface area contributed by atoms with Gasteiger partial charge in [-0.3, -0.25) is 9.20 Å². The number of nitrogens with two attached hydrogens (primary N) is 1. The quantitative estimate of drug-likeness (QED) is 0.544. The molecule has 4 aromatic rings. The number of fused-ring (bicyclic) bond motifs is 3. The SMILES string of the molecule is NC1=NC(c2ccc3sc4ccc(-c5nnco5)cc4c3c2)CS(=O)C12CC2. The summed E-state index contributed by atoms with van der Waals surface area (Å²) in [6, 6.07) is 12.4. The first-order chi connectivity index (χ1) is 13.6. The summed E-state index contributed by atoms with van der Waals surface area (Å²) in [5.74, 6) is 1.62. The van der Waals surface area contributed by atoms with Gasteiger partial charge in [0, 0.05) is 36.5 Å². The van der Waals surface area contributed by atoms with Crippen LogP contribution in [-0.4, -0.2) is 30.7 Å². The van der Waals surface area contributed by atoms with Crippen LogP contribution in [0.3, 0.4) is 0 Å². The molecule has 1 aliphatic carbocycles. The molecular weight excluding hydrogens is 392 g/mol. The Morgan fingerprint density at radius 3 is 2.64 bits per heavy atom. The maximum Gasteiger partial charge on any atom is 0.247 e. The molecular formula is C20H16N4O2S2. The summed E-state index contributed by atoms with van der Waals surface area (Å²) in [4.78, 5) is 4.72. The van der Waals surface area contributed by atoms with E-state index in [1.165, 1.54) is 15.8 Å². The molecule has 2 aromatic carbocycles. The van der Waals surface area contributed by atoms with Crippen LogP contribution in [0.15, 0.2) is 52.2 Å². The second-order valence-electron chi connectivity index (χ2n) is 7.35. The van der Waals surface area contributed by atoms with Gasteiger partial charge in [-0.2, -0.15) is 0 Å². The fourth-order valence-corrected chi connectivity index (χ4v) is 6.73. The second-order valence-corrected chi connectivity index (χ2v) is 10.2. The number of nitrogens with zero attached hydrogens (tertiary/aromatic N) is 3. The molecule has 140 valence electrons. The van der Waals surface area contributed by atoms with E-state index in [1.54, 1.807) is 11.3 Å². The largest absolute Gasteiger partial charge is 0.423 e. The first kappa shape index (κ1) is 16.4. The Morgan fingerprint density at radius 1 is 1.14 bits per heavy atom. The van der Waals surface area contributed by atoms with Crippen LogP contribution < -0.4 is 5.73 Å². The monoisotopic (exact) mass is 408 g/mol. The molecule has 0 saturated heterocycles. The van der Waals surface area contributed by atoms with Crippen LogP contribution in [0.5, 0.6) is 0 Å². The number of thiophene rings is 1. The van der Waals surface area contributed by atoms with Crippen molar-refractivity contribution in [1.29, 1.82) is 0 Å². The van der Waals surface area contributed by atoms with Crippen LogP contribution in [0.2, 0.25) is 0 Å². The van der Waals surface area contributed by atoms with Crippen LogP contribution in [0.1, 0.15) is 24.4 Å². The highest BCUT2D eigenvalue weighted by molar-refractivity contribution is 7.87. The average Bonchev–Trinajstić information content (AvgIpc) is 3.17. The van der Waals surface area contributed by atoms with Crippen molar-refractivity contribution in [3.8, 4) is 11.5 Å². The highest BCUT2D eigenvalue weighted by atomic mass is 32.2. The Hall–Kier alpha value is -2.58. The smallest absolute Gasteiger partial charge is 0.247 e. The van der Waals surface area contributed by atoms with Gasteiger partial charge in [-0.1, -0.05) is 6.07 Å². The molecule has 1 fully saturated rings. The molecule has 6 rings (SSSR count). The zero-order chi connectivity index (χ0) is 18.9. The minimum atomic E-state index is -0.956. The Labute approximate surface area is 166 Å². The number of rotatable bonds is 2. The van der Waals surface area contributed by atoms with Gasteiger partial charge in [0.1, 0.15) is 10.6 Å². The number of aliphatic imine (C=N–C) groups is 1. The Balaban J connectivity index is 1.48. The molecule has 1 aliphatic heterocycles. The first-order valence-electron chi connectivity index (χ1n) is 9.09. The van der Waals surface area contributed by atoms with Gasteiger partial charge in [0.15, 0.2) is 0 Å². The Bertz CT molecular complexity index is 1290. The van der Waals surface area contributed by atoms with E-state index in [9.17, 15) is 4.21 Å². The molecule has 2 atom stereocenters. The Morgan fingerprint density at radius 2 is 1.93 bits per heavy atom. The van der Waals surface area contributed by atoms with Gasteiger partial charge >= 0.3 is 0 Å². The molecule has 0 bridgehead atoms. The van der Waals surface area contributed by atoms with E-state index in [4.69, 9.17) is 15.1 Å². The number of aromatic nitrogens is 2. The van der Waals surface area contributed by atoms with Gasteiger partial charge in [-0.15, -0.1) is 21.5 Å². The van der Waals surface area contributed by atoms with Crippen LogP contribution in [0.25, 0.3) is 31.6 Å². The molecule has 0 radical (unpaired) electrons. The summed E-state index contributed by atoms with van der Waals surface area (Å²) in [6.07, 6.45) is 3.13. The van der Waals surface area contributed by atoms with Gasteiger partial charge in [0.25, 0.3) is 0 Å². The van der Waals surface area contributed by atoms with Crippen molar-refractivity contribution in [1.82, 2.24) is 10.2 Å². The van der Waals surface area contributed by atoms with Crippen molar-refractivity contribution in [3.63, 3.8) is 0 Å². The van der Waals surface area contributed by atoms with Crippen molar-refractivity contribution in [3.05, 3.63) is 48.4 Å². The average molecular weight is 409 g/mol. The summed E-state index contributed by atoms with van der Waals surface area (Å²) in [6.45, 7) is 0. The lowest BCUT2D eigenvalue weighted by Gasteiger charge is -2.25. The molecule has 2 N–H and O–H groups in total.